The Hall–Kier alpha value is -1.53. The van der Waals surface area contributed by atoms with Crippen molar-refractivity contribution in [3.8, 4) is 6.07 Å². The Bertz CT molecular complexity index is 449. The van der Waals surface area contributed by atoms with Crippen LogP contribution in [0.4, 0.5) is 0 Å². The largest absolute Gasteiger partial charge is 0.469 e. The van der Waals surface area contributed by atoms with Crippen molar-refractivity contribution >= 4 is 17.6 Å². The molecular weight excluding hydrogens is 226 g/mol. The van der Waals surface area contributed by atoms with Gasteiger partial charge in [-0.15, -0.1) is 11.6 Å². The summed E-state index contributed by atoms with van der Waals surface area (Å²) in [4.78, 5) is 11.2. The molecule has 4 heteroatoms. The van der Waals surface area contributed by atoms with Gasteiger partial charge in [-0.3, -0.25) is 4.79 Å². The predicted octanol–water partition coefficient (Wildman–Crippen LogP) is 2.32. The predicted molar refractivity (Wildman–Crippen MR) is 61.2 cm³/mol. The molecule has 0 bridgehead atoms. The smallest absolute Gasteiger partial charge is 0.309 e. The Labute approximate surface area is 99.6 Å². The van der Waals surface area contributed by atoms with E-state index in [1.165, 1.54) is 7.11 Å². The number of nitrogens with zero attached hydrogens (tertiary/aromatic N) is 1. The van der Waals surface area contributed by atoms with Crippen LogP contribution in [0.3, 0.4) is 0 Å². The number of carbonyl (C=O) groups excluding carboxylic acids is 1. The zero-order valence-corrected chi connectivity index (χ0v) is 9.97. The summed E-state index contributed by atoms with van der Waals surface area (Å²) in [7, 11) is 1.34. The van der Waals surface area contributed by atoms with Gasteiger partial charge in [-0.1, -0.05) is 12.1 Å². The summed E-state index contributed by atoms with van der Waals surface area (Å²) in [5.41, 5.74) is 2.94. The van der Waals surface area contributed by atoms with E-state index in [1.807, 2.05) is 13.0 Å². The Balaban J connectivity index is 3.15. The lowest BCUT2D eigenvalue weighted by Crippen LogP contribution is -2.07. The van der Waals surface area contributed by atoms with E-state index in [9.17, 15) is 4.79 Å². The summed E-state index contributed by atoms with van der Waals surface area (Å²) in [6.45, 7) is 1.81. The van der Waals surface area contributed by atoms with E-state index in [-0.39, 0.29) is 12.4 Å². The summed E-state index contributed by atoms with van der Waals surface area (Å²) >= 11 is 5.73. The Kier molecular flexibility index (Phi) is 4.33. The van der Waals surface area contributed by atoms with Gasteiger partial charge in [-0.2, -0.15) is 5.26 Å². The Morgan fingerprint density at radius 3 is 2.62 bits per heavy atom. The fourth-order valence-electron chi connectivity index (χ4n) is 1.50. The van der Waals surface area contributed by atoms with E-state index in [4.69, 9.17) is 16.9 Å². The number of hydrogen-bond acceptors (Lipinski definition) is 3. The first-order valence-electron chi connectivity index (χ1n) is 4.78. The van der Waals surface area contributed by atoms with Crippen molar-refractivity contribution in [3.05, 3.63) is 34.4 Å². The number of carbonyl (C=O) groups is 1. The fraction of sp³-hybridized carbons (Fsp3) is 0.333. The second kappa shape index (κ2) is 5.53. The highest BCUT2D eigenvalue weighted by molar-refractivity contribution is 6.17. The van der Waals surface area contributed by atoms with Crippen molar-refractivity contribution in [2.24, 2.45) is 0 Å². The first-order chi connectivity index (χ1) is 7.63. The second-order valence-electron chi connectivity index (χ2n) is 3.38. The van der Waals surface area contributed by atoms with Crippen LogP contribution >= 0.6 is 11.6 Å². The molecule has 1 rings (SSSR count). The summed E-state index contributed by atoms with van der Waals surface area (Å²) in [6, 6.07) is 5.69. The summed E-state index contributed by atoms with van der Waals surface area (Å²) < 4.78 is 4.59. The fourth-order valence-corrected chi connectivity index (χ4v) is 1.72. The average Bonchev–Trinajstić information content (AvgIpc) is 2.31. The summed E-state index contributed by atoms with van der Waals surface area (Å²) in [5.74, 6) is -0.0204. The minimum atomic E-state index is -0.314. The molecule has 0 atom stereocenters. The van der Waals surface area contributed by atoms with Gasteiger partial charge in [0.15, 0.2) is 0 Å². The van der Waals surface area contributed by atoms with Gasteiger partial charge in [0.05, 0.1) is 25.2 Å². The van der Waals surface area contributed by atoms with Crippen LogP contribution in [0, 0.1) is 18.3 Å². The van der Waals surface area contributed by atoms with Crippen molar-refractivity contribution in [3.63, 3.8) is 0 Å². The molecule has 16 heavy (non-hydrogen) atoms. The lowest BCUT2D eigenvalue weighted by Gasteiger charge is -2.09. The lowest BCUT2D eigenvalue weighted by atomic mass is 9.97. The maximum atomic E-state index is 11.2. The molecule has 3 nitrogen and oxygen atoms in total. The van der Waals surface area contributed by atoms with Gasteiger partial charge in [-0.05, 0) is 23.6 Å². The van der Waals surface area contributed by atoms with Crippen LogP contribution in [0.15, 0.2) is 12.1 Å². The number of rotatable bonds is 3. The van der Waals surface area contributed by atoms with Crippen LogP contribution in [-0.4, -0.2) is 13.1 Å². The van der Waals surface area contributed by atoms with E-state index in [0.717, 1.165) is 16.7 Å². The van der Waals surface area contributed by atoms with Crippen LogP contribution in [0.1, 0.15) is 22.3 Å². The van der Waals surface area contributed by atoms with Crippen molar-refractivity contribution in [1.29, 1.82) is 5.26 Å². The molecule has 1 aromatic rings. The van der Waals surface area contributed by atoms with Crippen molar-refractivity contribution in [2.45, 2.75) is 19.2 Å². The lowest BCUT2D eigenvalue weighted by molar-refractivity contribution is -0.139. The number of hydrogen-bond donors (Lipinski definition) is 0. The maximum Gasteiger partial charge on any atom is 0.309 e. The molecule has 84 valence electrons. The molecule has 0 saturated carbocycles. The van der Waals surface area contributed by atoms with Crippen molar-refractivity contribution in [1.82, 2.24) is 0 Å². The van der Waals surface area contributed by atoms with Gasteiger partial charge in [0.25, 0.3) is 0 Å². The number of methoxy groups -OCH3 is 1. The molecular formula is C12H12ClNO2. The third-order valence-electron chi connectivity index (χ3n) is 2.48. The van der Waals surface area contributed by atoms with Gasteiger partial charge in [0, 0.05) is 5.88 Å². The van der Waals surface area contributed by atoms with Crippen LogP contribution in [0.5, 0.6) is 0 Å². The highest BCUT2D eigenvalue weighted by Crippen LogP contribution is 2.20. The first-order valence-corrected chi connectivity index (χ1v) is 5.31. The second-order valence-corrected chi connectivity index (χ2v) is 3.65. The quantitative estimate of drug-likeness (QED) is 0.599. The zero-order valence-electron chi connectivity index (χ0n) is 9.21. The molecule has 0 aliphatic carbocycles. The number of halogens is 1. The molecule has 0 unspecified atom stereocenters. The molecule has 0 saturated heterocycles. The van der Waals surface area contributed by atoms with Gasteiger partial charge < -0.3 is 4.74 Å². The first kappa shape index (κ1) is 12.5. The minimum absolute atomic E-state index is 0.180. The zero-order chi connectivity index (χ0) is 12.1. The molecule has 0 fully saturated rings. The van der Waals surface area contributed by atoms with Gasteiger partial charge in [0.2, 0.25) is 0 Å². The van der Waals surface area contributed by atoms with Crippen LogP contribution in [0.2, 0.25) is 0 Å². The van der Waals surface area contributed by atoms with E-state index in [2.05, 4.69) is 10.8 Å². The number of ether oxygens (including phenoxy) is 1. The third kappa shape index (κ3) is 2.53. The molecule has 0 amide bonds. The number of benzene rings is 1. The highest BCUT2D eigenvalue weighted by Gasteiger charge is 2.11. The van der Waals surface area contributed by atoms with Crippen molar-refractivity contribution in [2.75, 3.05) is 7.11 Å². The van der Waals surface area contributed by atoms with Gasteiger partial charge in [-0.25, -0.2) is 0 Å². The number of alkyl halides is 1. The number of nitriles is 1. The highest BCUT2D eigenvalue weighted by atomic mass is 35.5. The normalized spacial score (nSPS) is 9.62. The van der Waals surface area contributed by atoms with Crippen LogP contribution in [-0.2, 0) is 21.8 Å². The average molecular weight is 238 g/mol. The van der Waals surface area contributed by atoms with E-state index in [0.29, 0.717) is 11.4 Å². The Morgan fingerprint density at radius 1 is 1.50 bits per heavy atom. The standard InChI is InChI=1S/C12H12ClNO2/c1-8-9(5-12(15)16-2)3-4-10(6-13)11(8)7-14/h3-4H,5-6H2,1-2H3. The minimum Gasteiger partial charge on any atom is -0.469 e. The number of esters is 1. The molecule has 0 aliphatic rings. The maximum absolute atomic E-state index is 11.2. The van der Waals surface area contributed by atoms with Crippen LogP contribution in [0.25, 0.3) is 0 Å². The topological polar surface area (TPSA) is 50.1 Å². The molecule has 1 aromatic carbocycles. The SMILES string of the molecule is COC(=O)Cc1ccc(CCl)c(C#N)c1C. The van der Waals surface area contributed by atoms with E-state index in [1.54, 1.807) is 6.07 Å². The third-order valence-corrected chi connectivity index (χ3v) is 2.77. The molecule has 0 aliphatic heterocycles. The molecule has 0 radical (unpaired) electrons. The van der Waals surface area contributed by atoms with E-state index < -0.39 is 0 Å². The Morgan fingerprint density at radius 2 is 2.12 bits per heavy atom. The van der Waals surface area contributed by atoms with Gasteiger partial charge >= 0.3 is 5.97 Å². The monoisotopic (exact) mass is 237 g/mol. The molecule has 0 aromatic heterocycles. The molecule has 0 spiro atoms. The van der Waals surface area contributed by atoms with Gasteiger partial charge in [0.1, 0.15) is 0 Å². The van der Waals surface area contributed by atoms with E-state index >= 15 is 0 Å². The summed E-state index contributed by atoms with van der Waals surface area (Å²) in [5, 5.41) is 9.02. The molecule has 0 heterocycles. The summed E-state index contributed by atoms with van der Waals surface area (Å²) in [6.07, 6.45) is 0.180. The van der Waals surface area contributed by atoms with Crippen molar-refractivity contribution < 1.29 is 9.53 Å². The van der Waals surface area contributed by atoms with Crippen LogP contribution < -0.4 is 0 Å². The molecule has 0 N–H and O–H groups in total.